The van der Waals surface area contributed by atoms with Crippen molar-refractivity contribution in [1.82, 2.24) is 5.06 Å². The first-order valence-electron chi connectivity index (χ1n) is 5.05. The van der Waals surface area contributed by atoms with Gasteiger partial charge in [0.15, 0.2) is 0 Å². The van der Waals surface area contributed by atoms with Crippen molar-refractivity contribution in [3.8, 4) is 5.75 Å². The fourth-order valence-corrected chi connectivity index (χ4v) is 1.82. The van der Waals surface area contributed by atoms with E-state index in [1.807, 2.05) is 0 Å². The summed E-state index contributed by atoms with van der Waals surface area (Å²) in [6, 6.07) is 4.18. The molecule has 0 saturated carbocycles. The number of hydrogen-bond acceptors (Lipinski definition) is 5. The molecular formula is C11H8BrNO5. The van der Waals surface area contributed by atoms with E-state index >= 15 is 0 Å². The summed E-state index contributed by atoms with van der Waals surface area (Å²) in [6.07, 6.45) is 0.0488. The second-order valence-corrected chi connectivity index (χ2v) is 4.54. The third kappa shape index (κ3) is 2.35. The van der Waals surface area contributed by atoms with Crippen LogP contribution in [0.3, 0.4) is 0 Å². The van der Waals surface area contributed by atoms with Crippen LogP contribution < -0.4 is 0 Å². The van der Waals surface area contributed by atoms with Gasteiger partial charge in [-0.1, -0.05) is 15.9 Å². The molecule has 1 aliphatic rings. The molecule has 0 atom stereocenters. The fraction of sp³-hybridized carbons (Fsp3) is 0.182. The van der Waals surface area contributed by atoms with Crippen molar-refractivity contribution in [3.05, 3.63) is 28.2 Å². The summed E-state index contributed by atoms with van der Waals surface area (Å²) in [7, 11) is 0. The zero-order valence-corrected chi connectivity index (χ0v) is 10.6. The standard InChI is InChI=1S/C11H8BrNO5/c12-6-1-2-8(14)7(5-6)11(17)18-13-9(15)3-4-10(13)16/h1-2,5,14H,3-4H2. The number of amides is 2. The summed E-state index contributed by atoms with van der Waals surface area (Å²) in [5, 5.41) is 9.93. The number of carbonyl (C=O) groups excluding carboxylic acids is 3. The van der Waals surface area contributed by atoms with E-state index in [9.17, 15) is 19.5 Å². The average molecular weight is 314 g/mol. The zero-order chi connectivity index (χ0) is 13.3. The molecule has 1 aliphatic heterocycles. The summed E-state index contributed by atoms with van der Waals surface area (Å²) in [4.78, 5) is 38.9. The van der Waals surface area contributed by atoms with Gasteiger partial charge in [-0.25, -0.2) is 4.79 Å². The van der Waals surface area contributed by atoms with Gasteiger partial charge >= 0.3 is 5.97 Å². The third-order valence-corrected chi connectivity index (χ3v) is 2.85. The smallest absolute Gasteiger partial charge is 0.367 e. The van der Waals surface area contributed by atoms with Gasteiger partial charge in [-0.3, -0.25) is 9.59 Å². The molecule has 1 N–H and O–H groups in total. The number of hydroxylamine groups is 2. The van der Waals surface area contributed by atoms with E-state index in [1.165, 1.54) is 18.2 Å². The number of phenolic OH excluding ortho intramolecular Hbond substituents is 1. The molecule has 0 bridgehead atoms. The van der Waals surface area contributed by atoms with Gasteiger partial charge in [0.05, 0.1) is 0 Å². The summed E-state index contributed by atoms with van der Waals surface area (Å²) in [5.41, 5.74) is -0.128. The van der Waals surface area contributed by atoms with E-state index in [1.54, 1.807) is 0 Å². The first-order valence-corrected chi connectivity index (χ1v) is 5.85. The molecule has 1 fully saturated rings. The molecule has 6 nitrogen and oxygen atoms in total. The lowest BCUT2D eigenvalue weighted by Gasteiger charge is -2.13. The number of carbonyl (C=O) groups is 3. The van der Waals surface area contributed by atoms with Gasteiger partial charge in [-0.15, -0.1) is 5.06 Å². The number of phenols is 1. The van der Waals surface area contributed by atoms with Gasteiger partial charge in [0.25, 0.3) is 11.8 Å². The molecular weight excluding hydrogens is 306 g/mol. The highest BCUT2D eigenvalue weighted by molar-refractivity contribution is 9.10. The molecule has 0 unspecified atom stereocenters. The number of halogens is 1. The molecule has 7 heteroatoms. The molecule has 0 aromatic heterocycles. The molecule has 18 heavy (non-hydrogen) atoms. The molecule has 2 rings (SSSR count). The van der Waals surface area contributed by atoms with Crippen molar-refractivity contribution >= 4 is 33.7 Å². The van der Waals surface area contributed by atoms with Gasteiger partial charge in [0.2, 0.25) is 0 Å². The number of benzene rings is 1. The van der Waals surface area contributed by atoms with Crippen molar-refractivity contribution in [2.75, 3.05) is 0 Å². The van der Waals surface area contributed by atoms with Gasteiger partial charge in [0, 0.05) is 17.3 Å². The minimum absolute atomic E-state index is 0.0244. The molecule has 1 heterocycles. The summed E-state index contributed by atoms with van der Waals surface area (Å²) in [6.45, 7) is 0. The summed E-state index contributed by atoms with van der Waals surface area (Å²) < 4.78 is 0.561. The molecule has 0 spiro atoms. The van der Waals surface area contributed by atoms with Crippen molar-refractivity contribution in [2.24, 2.45) is 0 Å². The summed E-state index contributed by atoms with van der Waals surface area (Å²) in [5.74, 6) is -2.38. The molecule has 1 aromatic carbocycles. The number of aromatic hydroxyl groups is 1. The number of rotatable bonds is 2. The van der Waals surface area contributed by atoms with Crippen LogP contribution in [0.1, 0.15) is 23.2 Å². The Morgan fingerprint density at radius 1 is 1.28 bits per heavy atom. The fourth-order valence-electron chi connectivity index (χ4n) is 1.46. The Kier molecular flexibility index (Phi) is 3.33. The molecule has 1 aromatic rings. The second-order valence-electron chi connectivity index (χ2n) is 3.62. The number of nitrogens with zero attached hydrogens (tertiary/aromatic N) is 1. The van der Waals surface area contributed by atoms with E-state index in [2.05, 4.69) is 20.8 Å². The van der Waals surface area contributed by atoms with Crippen LogP contribution in [0.5, 0.6) is 5.75 Å². The molecule has 0 aliphatic carbocycles. The summed E-state index contributed by atoms with van der Waals surface area (Å²) >= 11 is 3.13. The van der Waals surface area contributed by atoms with Crippen LogP contribution >= 0.6 is 15.9 Å². The first-order chi connectivity index (χ1) is 8.49. The van der Waals surface area contributed by atoms with Gasteiger partial charge in [0.1, 0.15) is 11.3 Å². The molecule has 0 radical (unpaired) electrons. The Labute approximate surface area is 110 Å². The normalized spacial score (nSPS) is 15.1. The molecule has 94 valence electrons. The molecule has 2 amide bonds. The Morgan fingerprint density at radius 2 is 1.89 bits per heavy atom. The third-order valence-electron chi connectivity index (χ3n) is 2.36. The van der Waals surface area contributed by atoms with Crippen LogP contribution in [-0.4, -0.2) is 28.0 Å². The van der Waals surface area contributed by atoms with Gasteiger partial charge in [-0.05, 0) is 18.2 Å². The predicted octanol–water partition coefficient (Wildman–Crippen LogP) is 1.38. The Hall–Kier alpha value is -1.89. The lowest BCUT2D eigenvalue weighted by Crippen LogP contribution is -2.32. The maximum atomic E-state index is 11.7. The SMILES string of the molecule is O=C(ON1C(=O)CCC1=O)c1cc(Br)ccc1O. The Bertz CT molecular complexity index is 526. The van der Waals surface area contributed by atoms with Crippen molar-refractivity contribution in [3.63, 3.8) is 0 Å². The second kappa shape index (κ2) is 4.77. The zero-order valence-electron chi connectivity index (χ0n) is 9.05. The van der Waals surface area contributed by atoms with Gasteiger partial charge in [-0.2, -0.15) is 0 Å². The lowest BCUT2D eigenvalue weighted by molar-refractivity contribution is -0.172. The highest BCUT2D eigenvalue weighted by Gasteiger charge is 2.33. The van der Waals surface area contributed by atoms with Crippen LogP contribution in [-0.2, 0) is 14.4 Å². The van der Waals surface area contributed by atoms with Gasteiger partial charge < -0.3 is 9.94 Å². The van der Waals surface area contributed by atoms with E-state index in [0.29, 0.717) is 9.54 Å². The maximum Gasteiger partial charge on any atom is 0.367 e. The monoisotopic (exact) mass is 313 g/mol. The van der Waals surface area contributed by atoms with Crippen molar-refractivity contribution in [2.45, 2.75) is 12.8 Å². The van der Waals surface area contributed by atoms with E-state index in [-0.39, 0.29) is 24.2 Å². The maximum absolute atomic E-state index is 11.7. The molecule has 1 saturated heterocycles. The minimum atomic E-state index is -0.961. The largest absolute Gasteiger partial charge is 0.507 e. The van der Waals surface area contributed by atoms with Crippen LogP contribution in [0.4, 0.5) is 0 Å². The highest BCUT2D eigenvalue weighted by Crippen LogP contribution is 2.23. The average Bonchev–Trinajstić information content (AvgIpc) is 2.64. The van der Waals surface area contributed by atoms with E-state index in [4.69, 9.17) is 0 Å². The quantitative estimate of drug-likeness (QED) is 0.834. The van der Waals surface area contributed by atoms with Crippen LogP contribution in [0.2, 0.25) is 0 Å². The van der Waals surface area contributed by atoms with Crippen molar-refractivity contribution < 1.29 is 24.3 Å². The Morgan fingerprint density at radius 3 is 2.50 bits per heavy atom. The topological polar surface area (TPSA) is 83.9 Å². The van der Waals surface area contributed by atoms with Crippen molar-refractivity contribution in [1.29, 1.82) is 0 Å². The predicted molar refractivity (Wildman–Crippen MR) is 62.3 cm³/mol. The lowest BCUT2D eigenvalue weighted by atomic mass is 10.2. The highest BCUT2D eigenvalue weighted by atomic mass is 79.9. The van der Waals surface area contributed by atoms with Crippen LogP contribution in [0, 0.1) is 0 Å². The van der Waals surface area contributed by atoms with Crippen LogP contribution in [0.25, 0.3) is 0 Å². The van der Waals surface area contributed by atoms with Crippen LogP contribution in [0.15, 0.2) is 22.7 Å². The number of imide groups is 1. The minimum Gasteiger partial charge on any atom is -0.507 e. The van der Waals surface area contributed by atoms with E-state index in [0.717, 1.165) is 0 Å². The van der Waals surface area contributed by atoms with E-state index < -0.39 is 17.8 Å². The first kappa shape index (κ1) is 12.6. The number of hydrogen-bond donors (Lipinski definition) is 1. The Balaban J connectivity index is 2.19.